The van der Waals surface area contributed by atoms with Crippen molar-refractivity contribution in [2.45, 2.75) is 16.8 Å². The average Bonchev–Trinajstić information content (AvgIpc) is 2.44. The third-order valence-electron chi connectivity index (χ3n) is 2.81. The lowest BCUT2D eigenvalue weighted by Gasteiger charge is -2.25. The number of carbonyl (C=O) groups excluding carboxylic acids is 2. The van der Waals surface area contributed by atoms with E-state index in [-0.39, 0.29) is 22.2 Å². The standard InChI is InChI=1S/C14H15F5N2O2S/c1-20(2)11(22)7-21(8-14(17,18)19)12(23)9-3-5-10(6-4-9)24-13(15)16/h3-6,13H,7-8H2,1-2H3. The molecule has 0 atom stereocenters. The first-order valence-electron chi connectivity index (χ1n) is 6.60. The molecule has 1 aromatic carbocycles. The molecule has 0 aliphatic heterocycles. The quantitative estimate of drug-likeness (QED) is 0.571. The second kappa shape index (κ2) is 8.32. The smallest absolute Gasteiger partial charge is 0.347 e. The zero-order valence-corrected chi connectivity index (χ0v) is 13.6. The van der Waals surface area contributed by atoms with E-state index in [1.54, 1.807) is 0 Å². The Kier molecular flexibility index (Phi) is 7.00. The molecule has 0 aromatic heterocycles. The Hall–Kier alpha value is -1.84. The molecular weight excluding hydrogens is 355 g/mol. The molecular formula is C14H15F5N2O2S. The fourth-order valence-corrected chi connectivity index (χ4v) is 2.18. The molecule has 0 bridgehead atoms. The van der Waals surface area contributed by atoms with Crippen LogP contribution in [0.5, 0.6) is 0 Å². The van der Waals surface area contributed by atoms with Gasteiger partial charge in [-0.05, 0) is 24.3 Å². The van der Waals surface area contributed by atoms with Crippen LogP contribution in [0.15, 0.2) is 29.2 Å². The number of likely N-dealkylation sites (N-methyl/N-ethyl adjacent to an activating group) is 1. The van der Waals surface area contributed by atoms with Crippen molar-refractivity contribution >= 4 is 23.6 Å². The van der Waals surface area contributed by atoms with Gasteiger partial charge in [-0.1, -0.05) is 11.8 Å². The van der Waals surface area contributed by atoms with Gasteiger partial charge in [-0.2, -0.15) is 22.0 Å². The molecule has 1 aromatic rings. The van der Waals surface area contributed by atoms with Crippen LogP contribution in [0.25, 0.3) is 0 Å². The summed E-state index contributed by atoms with van der Waals surface area (Å²) in [7, 11) is 2.71. The molecule has 0 fully saturated rings. The van der Waals surface area contributed by atoms with Crippen LogP contribution in [0.3, 0.4) is 0 Å². The summed E-state index contributed by atoms with van der Waals surface area (Å²) in [6, 6.07) is 4.72. The fraction of sp³-hybridized carbons (Fsp3) is 0.429. The molecule has 2 amide bonds. The van der Waals surface area contributed by atoms with E-state index >= 15 is 0 Å². The highest BCUT2D eigenvalue weighted by Crippen LogP contribution is 2.25. The zero-order chi connectivity index (χ0) is 18.5. The minimum atomic E-state index is -4.67. The normalized spacial score (nSPS) is 11.5. The molecule has 0 N–H and O–H groups in total. The molecule has 0 aliphatic carbocycles. The molecule has 0 unspecified atom stereocenters. The zero-order valence-electron chi connectivity index (χ0n) is 12.8. The van der Waals surface area contributed by atoms with E-state index in [9.17, 15) is 31.5 Å². The van der Waals surface area contributed by atoms with Crippen molar-refractivity contribution in [3.05, 3.63) is 29.8 Å². The number of hydrogen-bond acceptors (Lipinski definition) is 3. The third-order valence-corrected chi connectivity index (χ3v) is 3.53. The summed E-state index contributed by atoms with van der Waals surface area (Å²) in [6.07, 6.45) is -4.67. The van der Waals surface area contributed by atoms with Crippen LogP contribution in [0.2, 0.25) is 0 Å². The Morgan fingerprint density at radius 3 is 2.08 bits per heavy atom. The van der Waals surface area contributed by atoms with Crippen molar-refractivity contribution in [3.63, 3.8) is 0 Å². The van der Waals surface area contributed by atoms with Gasteiger partial charge in [0.15, 0.2) is 0 Å². The van der Waals surface area contributed by atoms with E-state index in [1.165, 1.54) is 26.2 Å². The van der Waals surface area contributed by atoms with Crippen LogP contribution < -0.4 is 0 Å². The first-order valence-corrected chi connectivity index (χ1v) is 7.48. The molecule has 0 saturated heterocycles. The van der Waals surface area contributed by atoms with Gasteiger partial charge in [-0.25, -0.2) is 0 Å². The minimum absolute atomic E-state index is 0.121. The summed E-state index contributed by atoms with van der Waals surface area (Å²) in [5.74, 6) is -4.32. The SMILES string of the molecule is CN(C)C(=O)CN(CC(F)(F)F)C(=O)c1ccc(SC(F)F)cc1. The van der Waals surface area contributed by atoms with E-state index in [4.69, 9.17) is 0 Å². The van der Waals surface area contributed by atoms with Crippen molar-refractivity contribution < 1.29 is 31.5 Å². The highest BCUT2D eigenvalue weighted by molar-refractivity contribution is 7.99. The van der Waals surface area contributed by atoms with Crippen LogP contribution in [0, 0.1) is 0 Å². The number of rotatable bonds is 6. The minimum Gasteiger partial charge on any atom is -0.347 e. The van der Waals surface area contributed by atoms with E-state index in [0.717, 1.165) is 17.0 Å². The molecule has 1 rings (SSSR count). The molecule has 10 heteroatoms. The summed E-state index contributed by atoms with van der Waals surface area (Å²) < 4.78 is 62.4. The molecule has 0 aliphatic rings. The number of thioether (sulfide) groups is 1. The molecule has 0 heterocycles. The largest absolute Gasteiger partial charge is 0.406 e. The monoisotopic (exact) mass is 370 g/mol. The van der Waals surface area contributed by atoms with Gasteiger partial charge >= 0.3 is 6.18 Å². The Balaban J connectivity index is 2.95. The number of halogens is 5. The molecule has 0 radical (unpaired) electrons. The second-order valence-electron chi connectivity index (χ2n) is 4.97. The number of nitrogens with zero attached hydrogens (tertiary/aromatic N) is 2. The van der Waals surface area contributed by atoms with Crippen LogP contribution in [0.1, 0.15) is 10.4 Å². The highest BCUT2D eigenvalue weighted by Gasteiger charge is 2.34. The molecule has 4 nitrogen and oxygen atoms in total. The van der Waals surface area contributed by atoms with Gasteiger partial charge in [0.2, 0.25) is 5.91 Å². The lowest BCUT2D eigenvalue weighted by Crippen LogP contribution is -2.44. The van der Waals surface area contributed by atoms with E-state index < -0.39 is 36.8 Å². The van der Waals surface area contributed by atoms with Gasteiger partial charge in [0, 0.05) is 24.6 Å². The van der Waals surface area contributed by atoms with E-state index in [2.05, 4.69) is 0 Å². The molecule has 0 spiro atoms. The van der Waals surface area contributed by atoms with Crippen molar-refractivity contribution in [2.24, 2.45) is 0 Å². The summed E-state index contributed by atoms with van der Waals surface area (Å²) in [5, 5.41) is 0. The van der Waals surface area contributed by atoms with Crippen molar-refractivity contribution in [3.8, 4) is 0 Å². The maximum atomic E-state index is 12.6. The van der Waals surface area contributed by atoms with Crippen LogP contribution in [-0.4, -0.2) is 60.7 Å². The predicted octanol–water partition coefficient (Wildman–Crippen LogP) is 3.09. The first-order chi connectivity index (χ1) is 11.0. The van der Waals surface area contributed by atoms with Gasteiger partial charge < -0.3 is 9.80 Å². The third kappa shape index (κ3) is 6.73. The van der Waals surface area contributed by atoms with Crippen LogP contribution in [0.4, 0.5) is 22.0 Å². The highest BCUT2D eigenvalue weighted by atomic mass is 32.2. The number of hydrogen-bond donors (Lipinski definition) is 0. The predicted molar refractivity (Wildman–Crippen MR) is 79.0 cm³/mol. The Morgan fingerprint density at radius 2 is 1.67 bits per heavy atom. The molecule has 0 saturated carbocycles. The molecule has 134 valence electrons. The summed E-state index contributed by atoms with van der Waals surface area (Å²) in [5.41, 5.74) is -0.121. The van der Waals surface area contributed by atoms with Crippen molar-refractivity contribution in [1.82, 2.24) is 9.80 Å². The number of carbonyl (C=O) groups is 2. The van der Waals surface area contributed by atoms with E-state index in [1.807, 2.05) is 0 Å². The van der Waals surface area contributed by atoms with Crippen LogP contribution in [-0.2, 0) is 4.79 Å². The second-order valence-corrected chi connectivity index (χ2v) is 6.03. The lowest BCUT2D eigenvalue weighted by atomic mass is 10.2. The number of benzene rings is 1. The Labute approximate surface area is 139 Å². The van der Waals surface area contributed by atoms with Gasteiger partial charge in [0.1, 0.15) is 13.1 Å². The van der Waals surface area contributed by atoms with Gasteiger partial charge in [-0.15, -0.1) is 0 Å². The fourth-order valence-electron chi connectivity index (χ4n) is 1.68. The lowest BCUT2D eigenvalue weighted by molar-refractivity contribution is -0.146. The maximum Gasteiger partial charge on any atom is 0.406 e. The van der Waals surface area contributed by atoms with Gasteiger partial charge in [0.25, 0.3) is 11.7 Å². The Morgan fingerprint density at radius 1 is 1.12 bits per heavy atom. The number of alkyl halides is 5. The summed E-state index contributed by atoms with van der Waals surface area (Å²) in [4.78, 5) is 25.5. The Bertz CT molecular complexity index is 576. The van der Waals surface area contributed by atoms with Crippen molar-refractivity contribution in [1.29, 1.82) is 0 Å². The van der Waals surface area contributed by atoms with Gasteiger partial charge in [-0.3, -0.25) is 9.59 Å². The maximum absolute atomic E-state index is 12.6. The first kappa shape index (κ1) is 20.2. The summed E-state index contributed by atoms with van der Waals surface area (Å²) >= 11 is 0.253. The number of amides is 2. The summed E-state index contributed by atoms with van der Waals surface area (Å²) in [6.45, 7) is -2.32. The van der Waals surface area contributed by atoms with Gasteiger partial charge in [0.05, 0.1) is 0 Å². The average molecular weight is 370 g/mol. The topological polar surface area (TPSA) is 40.6 Å². The van der Waals surface area contributed by atoms with E-state index in [0.29, 0.717) is 4.90 Å². The van der Waals surface area contributed by atoms with Crippen LogP contribution >= 0.6 is 11.8 Å². The van der Waals surface area contributed by atoms with Crippen molar-refractivity contribution in [2.75, 3.05) is 27.2 Å². The molecule has 24 heavy (non-hydrogen) atoms.